The third-order valence-corrected chi connectivity index (χ3v) is 3.01. The molecule has 0 saturated heterocycles. The fourth-order valence-electron chi connectivity index (χ4n) is 1.98. The number of urea groups is 1. The molecule has 108 valence electrons. The second kappa shape index (κ2) is 7.49. The first-order chi connectivity index (χ1) is 9.81. The van der Waals surface area contributed by atoms with E-state index in [1.807, 2.05) is 30.6 Å². The number of nitrogens with zero attached hydrogens (tertiary/aromatic N) is 2. The summed E-state index contributed by atoms with van der Waals surface area (Å²) in [4.78, 5) is 15.7. The van der Waals surface area contributed by atoms with Crippen LogP contribution in [-0.4, -0.2) is 40.4 Å². The number of aliphatic hydroxyl groups is 1. The second-order valence-corrected chi connectivity index (χ2v) is 4.54. The standard InChI is InChI=1S/C14H20N4O2/c19-10-4-8-16-14(20)15-7-3-9-18-11-17-12-5-1-2-6-13(12)18/h1-2,5-6,11,19H,3-4,7-10H2,(H2,15,16,20). The number of aryl methyl sites for hydroxylation is 1. The van der Waals surface area contributed by atoms with Crippen molar-refractivity contribution in [2.75, 3.05) is 19.7 Å². The summed E-state index contributed by atoms with van der Waals surface area (Å²) < 4.78 is 2.08. The van der Waals surface area contributed by atoms with Gasteiger partial charge < -0.3 is 20.3 Å². The predicted molar refractivity (Wildman–Crippen MR) is 77.5 cm³/mol. The van der Waals surface area contributed by atoms with Gasteiger partial charge >= 0.3 is 6.03 Å². The van der Waals surface area contributed by atoms with Crippen molar-refractivity contribution < 1.29 is 9.90 Å². The predicted octanol–water partition coefficient (Wildman–Crippen LogP) is 1.11. The molecule has 0 radical (unpaired) electrons. The molecule has 0 spiro atoms. The van der Waals surface area contributed by atoms with Gasteiger partial charge in [-0.3, -0.25) is 0 Å². The van der Waals surface area contributed by atoms with E-state index in [9.17, 15) is 4.79 Å². The Labute approximate surface area is 117 Å². The highest BCUT2D eigenvalue weighted by Gasteiger charge is 2.02. The van der Waals surface area contributed by atoms with Crippen LogP contribution in [0.15, 0.2) is 30.6 Å². The molecule has 20 heavy (non-hydrogen) atoms. The maximum Gasteiger partial charge on any atom is 0.314 e. The Hall–Kier alpha value is -2.08. The number of hydrogen-bond donors (Lipinski definition) is 3. The van der Waals surface area contributed by atoms with E-state index < -0.39 is 0 Å². The first-order valence-corrected chi connectivity index (χ1v) is 6.83. The van der Waals surface area contributed by atoms with E-state index in [0.717, 1.165) is 24.0 Å². The summed E-state index contributed by atoms with van der Waals surface area (Å²) in [6.45, 7) is 2.01. The van der Waals surface area contributed by atoms with Crippen LogP contribution in [0.4, 0.5) is 4.79 Å². The molecule has 0 unspecified atom stereocenters. The maximum atomic E-state index is 11.4. The van der Waals surface area contributed by atoms with Crippen LogP contribution in [0.2, 0.25) is 0 Å². The van der Waals surface area contributed by atoms with E-state index in [1.54, 1.807) is 0 Å². The normalized spacial score (nSPS) is 10.7. The third-order valence-electron chi connectivity index (χ3n) is 3.01. The van der Waals surface area contributed by atoms with Crippen LogP contribution in [0.1, 0.15) is 12.8 Å². The highest BCUT2D eigenvalue weighted by atomic mass is 16.3. The molecule has 0 aliphatic heterocycles. The minimum atomic E-state index is -0.186. The molecule has 1 aromatic heterocycles. The Balaban J connectivity index is 1.70. The monoisotopic (exact) mass is 276 g/mol. The highest BCUT2D eigenvalue weighted by Crippen LogP contribution is 2.11. The molecule has 3 N–H and O–H groups in total. The van der Waals surface area contributed by atoms with E-state index in [4.69, 9.17) is 5.11 Å². The van der Waals surface area contributed by atoms with Crippen molar-refractivity contribution in [3.63, 3.8) is 0 Å². The summed E-state index contributed by atoms with van der Waals surface area (Å²) in [5.74, 6) is 0. The quantitative estimate of drug-likeness (QED) is 0.663. The van der Waals surface area contributed by atoms with Gasteiger partial charge in [0.1, 0.15) is 0 Å². The number of carbonyl (C=O) groups excluding carboxylic acids is 1. The molecule has 2 aromatic rings. The van der Waals surface area contributed by atoms with Gasteiger partial charge in [-0.25, -0.2) is 9.78 Å². The zero-order valence-corrected chi connectivity index (χ0v) is 11.4. The maximum absolute atomic E-state index is 11.4. The van der Waals surface area contributed by atoms with Crippen LogP contribution in [0, 0.1) is 0 Å². The molecule has 1 heterocycles. The Bertz CT molecular complexity index is 553. The van der Waals surface area contributed by atoms with Crippen molar-refractivity contribution in [3.8, 4) is 0 Å². The number of rotatable bonds is 7. The molecular formula is C14H20N4O2. The zero-order valence-electron chi connectivity index (χ0n) is 11.4. The number of imidazole rings is 1. The summed E-state index contributed by atoms with van der Waals surface area (Å²) in [6.07, 6.45) is 3.24. The van der Waals surface area contributed by atoms with Gasteiger partial charge in [0.15, 0.2) is 0 Å². The molecule has 0 bridgehead atoms. The smallest absolute Gasteiger partial charge is 0.314 e. The number of benzene rings is 1. The molecule has 0 aliphatic carbocycles. The van der Waals surface area contributed by atoms with Gasteiger partial charge in [0.05, 0.1) is 17.4 Å². The molecule has 6 nitrogen and oxygen atoms in total. The van der Waals surface area contributed by atoms with Crippen molar-refractivity contribution in [2.24, 2.45) is 0 Å². The first kappa shape index (κ1) is 14.3. The largest absolute Gasteiger partial charge is 0.396 e. The number of aromatic nitrogens is 2. The lowest BCUT2D eigenvalue weighted by Gasteiger charge is -2.07. The van der Waals surface area contributed by atoms with Gasteiger partial charge in [-0.15, -0.1) is 0 Å². The van der Waals surface area contributed by atoms with Crippen LogP contribution in [0.3, 0.4) is 0 Å². The average Bonchev–Trinajstić information content (AvgIpc) is 2.87. The molecule has 0 atom stereocenters. The molecule has 0 aliphatic rings. The minimum absolute atomic E-state index is 0.0913. The van der Waals surface area contributed by atoms with Crippen molar-refractivity contribution in [1.82, 2.24) is 20.2 Å². The Kier molecular flexibility index (Phi) is 5.37. The highest BCUT2D eigenvalue weighted by molar-refractivity contribution is 5.75. The van der Waals surface area contributed by atoms with E-state index in [-0.39, 0.29) is 12.6 Å². The lowest BCUT2D eigenvalue weighted by atomic mass is 10.3. The Morgan fingerprint density at radius 1 is 1.20 bits per heavy atom. The lowest BCUT2D eigenvalue weighted by molar-refractivity contribution is 0.238. The van der Waals surface area contributed by atoms with Crippen LogP contribution in [0.25, 0.3) is 11.0 Å². The molecular weight excluding hydrogens is 256 g/mol. The van der Waals surface area contributed by atoms with Gasteiger partial charge in [-0.1, -0.05) is 12.1 Å². The number of para-hydroxylation sites is 2. The third kappa shape index (κ3) is 3.96. The van der Waals surface area contributed by atoms with Gasteiger partial charge in [0, 0.05) is 26.2 Å². The van der Waals surface area contributed by atoms with Crippen molar-refractivity contribution in [1.29, 1.82) is 0 Å². The average molecular weight is 276 g/mol. The van der Waals surface area contributed by atoms with Gasteiger partial charge in [0.2, 0.25) is 0 Å². The number of carbonyl (C=O) groups is 1. The number of fused-ring (bicyclic) bond motifs is 1. The summed E-state index contributed by atoms with van der Waals surface area (Å²) in [6, 6.07) is 7.80. The first-order valence-electron chi connectivity index (χ1n) is 6.83. The molecule has 6 heteroatoms. The number of amides is 2. The summed E-state index contributed by atoms with van der Waals surface area (Å²) in [5.41, 5.74) is 2.10. The van der Waals surface area contributed by atoms with Gasteiger partial charge in [-0.2, -0.15) is 0 Å². The van der Waals surface area contributed by atoms with Crippen LogP contribution in [-0.2, 0) is 6.54 Å². The fourth-order valence-corrected chi connectivity index (χ4v) is 1.98. The second-order valence-electron chi connectivity index (χ2n) is 4.54. The molecule has 0 fully saturated rings. The van der Waals surface area contributed by atoms with Gasteiger partial charge in [-0.05, 0) is 25.0 Å². The number of nitrogens with one attached hydrogen (secondary N) is 2. The van der Waals surface area contributed by atoms with E-state index in [1.165, 1.54) is 0 Å². The Morgan fingerprint density at radius 2 is 1.95 bits per heavy atom. The molecule has 0 saturated carbocycles. The van der Waals surface area contributed by atoms with Crippen LogP contribution in [0.5, 0.6) is 0 Å². The van der Waals surface area contributed by atoms with Crippen molar-refractivity contribution in [2.45, 2.75) is 19.4 Å². The van der Waals surface area contributed by atoms with Crippen molar-refractivity contribution in [3.05, 3.63) is 30.6 Å². The zero-order chi connectivity index (χ0) is 14.2. The van der Waals surface area contributed by atoms with E-state index in [0.29, 0.717) is 19.5 Å². The Morgan fingerprint density at radius 3 is 2.75 bits per heavy atom. The lowest BCUT2D eigenvalue weighted by Crippen LogP contribution is -2.37. The molecule has 2 rings (SSSR count). The van der Waals surface area contributed by atoms with Gasteiger partial charge in [0.25, 0.3) is 0 Å². The van der Waals surface area contributed by atoms with E-state index in [2.05, 4.69) is 20.2 Å². The molecule has 1 aromatic carbocycles. The number of aliphatic hydroxyl groups excluding tert-OH is 1. The summed E-state index contributed by atoms with van der Waals surface area (Å²) >= 11 is 0. The van der Waals surface area contributed by atoms with Crippen LogP contribution < -0.4 is 10.6 Å². The SMILES string of the molecule is O=C(NCCCO)NCCCn1cnc2ccccc21. The fraction of sp³-hybridized carbons (Fsp3) is 0.429. The van der Waals surface area contributed by atoms with Crippen molar-refractivity contribution >= 4 is 17.1 Å². The minimum Gasteiger partial charge on any atom is -0.396 e. The number of hydrogen-bond acceptors (Lipinski definition) is 3. The molecule has 2 amide bonds. The van der Waals surface area contributed by atoms with E-state index >= 15 is 0 Å². The van der Waals surface area contributed by atoms with Crippen LogP contribution >= 0.6 is 0 Å². The summed E-state index contributed by atoms with van der Waals surface area (Å²) in [7, 11) is 0. The topological polar surface area (TPSA) is 79.2 Å². The summed E-state index contributed by atoms with van der Waals surface area (Å²) in [5, 5.41) is 14.1.